The number of carbonyl (C=O) groups excluding carboxylic acids is 1. The first-order valence-electron chi connectivity index (χ1n) is 8.07. The Hall–Kier alpha value is -2.69. The van der Waals surface area contributed by atoms with Crippen LogP contribution in [-0.4, -0.2) is 40.0 Å². The molecular formula is C19H20N2O3. The van der Waals surface area contributed by atoms with Crippen molar-refractivity contribution in [1.29, 1.82) is 0 Å². The third kappa shape index (κ3) is 3.45. The van der Waals surface area contributed by atoms with Crippen LogP contribution < -0.4 is 0 Å². The minimum atomic E-state index is -0.942. The van der Waals surface area contributed by atoms with Gasteiger partial charge >= 0.3 is 5.97 Å². The van der Waals surface area contributed by atoms with Crippen LogP contribution in [0.3, 0.4) is 0 Å². The van der Waals surface area contributed by atoms with Crippen LogP contribution in [0.25, 0.3) is 11.3 Å². The highest BCUT2D eigenvalue weighted by Gasteiger charge is 2.25. The van der Waals surface area contributed by atoms with E-state index in [1.54, 1.807) is 31.3 Å². The Kier molecular flexibility index (Phi) is 4.60. The fourth-order valence-electron chi connectivity index (χ4n) is 3.26. The van der Waals surface area contributed by atoms with E-state index in [2.05, 4.69) is 4.98 Å². The summed E-state index contributed by atoms with van der Waals surface area (Å²) in [5, 5.41) is 9.18. The maximum atomic E-state index is 11.5. The SMILES string of the molecule is CC(=O)N1CC[C@H](Cc2cccnc2-c2cccc(C(=O)O)c2)C1. The zero-order chi connectivity index (χ0) is 17.1. The van der Waals surface area contributed by atoms with E-state index in [1.165, 1.54) is 0 Å². The molecule has 1 aromatic heterocycles. The topological polar surface area (TPSA) is 70.5 Å². The van der Waals surface area contributed by atoms with Crippen LogP contribution in [0.5, 0.6) is 0 Å². The van der Waals surface area contributed by atoms with Crippen LogP contribution in [0.15, 0.2) is 42.6 Å². The number of carboxylic acid groups (broad SMARTS) is 1. The van der Waals surface area contributed by atoms with E-state index < -0.39 is 5.97 Å². The van der Waals surface area contributed by atoms with Gasteiger partial charge in [-0.1, -0.05) is 18.2 Å². The molecule has 5 nitrogen and oxygen atoms in total. The first-order chi connectivity index (χ1) is 11.5. The molecule has 1 atom stereocenters. The molecular weight excluding hydrogens is 304 g/mol. The number of benzene rings is 1. The van der Waals surface area contributed by atoms with E-state index in [1.807, 2.05) is 23.1 Å². The second kappa shape index (κ2) is 6.83. The van der Waals surface area contributed by atoms with Crippen LogP contribution in [0, 0.1) is 5.92 Å². The molecule has 0 saturated carbocycles. The normalized spacial score (nSPS) is 17.0. The lowest BCUT2D eigenvalue weighted by Crippen LogP contribution is -2.26. The molecule has 5 heteroatoms. The number of hydrogen-bond acceptors (Lipinski definition) is 3. The maximum absolute atomic E-state index is 11.5. The van der Waals surface area contributed by atoms with E-state index in [9.17, 15) is 14.7 Å². The predicted octanol–water partition coefficient (Wildman–Crippen LogP) is 2.86. The van der Waals surface area contributed by atoms with Crippen molar-refractivity contribution in [3.63, 3.8) is 0 Å². The Morgan fingerprint density at radius 2 is 2.12 bits per heavy atom. The summed E-state index contributed by atoms with van der Waals surface area (Å²) in [7, 11) is 0. The Labute approximate surface area is 140 Å². The van der Waals surface area contributed by atoms with Crippen molar-refractivity contribution in [3.8, 4) is 11.3 Å². The third-order valence-corrected chi connectivity index (χ3v) is 4.51. The Balaban J connectivity index is 1.85. The van der Waals surface area contributed by atoms with E-state index in [0.29, 0.717) is 5.92 Å². The molecule has 3 rings (SSSR count). The lowest BCUT2D eigenvalue weighted by molar-refractivity contribution is -0.127. The minimum absolute atomic E-state index is 0.123. The van der Waals surface area contributed by atoms with Gasteiger partial charge in [-0.25, -0.2) is 4.79 Å². The zero-order valence-corrected chi connectivity index (χ0v) is 13.6. The summed E-state index contributed by atoms with van der Waals surface area (Å²) in [6.07, 6.45) is 3.55. The smallest absolute Gasteiger partial charge is 0.335 e. The van der Waals surface area contributed by atoms with Crippen molar-refractivity contribution >= 4 is 11.9 Å². The number of carbonyl (C=O) groups is 2. The number of amides is 1. The third-order valence-electron chi connectivity index (χ3n) is 4.51. The molecule has 1 aromatic carbocycles. The van der Waals surface area contributed by atoms with Crippen molar-refractivity contribution < 1.29 is 14.7 Å². The number of aromatic nitrogens is 1. The lowest BCUT2D eigenvalue weighted by Gasteiger charge is -2.15. The number of pyridine rings is 1. The second-order valence-electron chi connectivity index (χ2n) is 6.22. The van der Waals surface area contributed by atoms with E-state index in [0.717, 1.165) is 42.8 Å². The number of nitrogens with zero attached hydrogens (tertiary/aromatic N) is 2. The van der Waals surface area contributed by atoms with Crippen LogP contribution in [0.1, 0.15) is 29.3 Å². The van der Waals surface area contributed by atoms with Crippen molar-refractivity contribution in [2.75, 3.05) is 13.1 Å². The number of carboxylic acids is 1. The summed E-state index contributed by atoms with van der Waals surface area (Å²) < 4.78 is 0. The summed E-state index contributed by atoms with van der Waals surface area (Å²) in [6, 6.07) is 10.8. The quantitative estimate of drug-likeness (QED) is 0.939. The van der Waals surface area contributed by atoms with Gasteiger partial charge in [0, 0.05) is 31.8 Å². The van der Waals surface area contributed by atoms with Gasteiger partial charge in [0.1, 0.15) is 0 Å². The van der Waals surface area contributed by atoms with Crippen molar-refractivity contribution in [2.24, 2.45) is 5.92 Å². The van der Waals surface area contributed by atoms with Crippen molar-refractivity contribution in [1.82, 2.24) is 9.88 Å². The first-order valence-corrected chi connectivity index (χ1v) is 8.07. The molecule has 1 amide bonds. The summed E-state index contributed by atoms with van der Waals surface area (Å²) in [5.41, 5.74) is 2.98. The molecule has 1 N–H and O–H groups in total. The van der Waals surface area contributed by atoms with Gasteiger partial charge in [-0.05, 0) is 42.5 Å². The van der Waals surface area contributed by atoms with Crippen LogP contribution in [0.4, 0.5) is 0 Å². The average Bonchev–Trinajstić information content (AvgIpc) is 3.04. The molecule has 2 heterocycles. The standard InChI is InChI=1S/C19H20N2O3/c1-13(22)21-9-7-14(12-21)10-15-6-3-8-20-18(15)16-4-2-5-17(11-16)19(23)24/h2-6,8,11,14H,7,9-10,12H2,1H3,(H,23,24)/t14-/m1/s1. The second-order valence-corrected chi connectivity index (χ2v) is 6.22. The molecule has 1 saturated heterocycles. The summed E-state index contributed by atoms with van der Waals surface area (Å²) in [5.74, 6) is -0.403. The van der Waals surface area contributed by atoms with Crippen LogP contribution >= 0.6 is 0 Å². The molecule has 124 valence electrons. The number of rotatable bonds is 4. The van der Waals surface area contributed by atoms with Gasteiger partial charge in [0.05, 0.1) is 11.3 Å². The molecule has 0 spiro atoms. The van der Waals surface area contributed by atoms with Gasteiger partial charge in [-0.15, -0.1) is 0 Å². The molecule has 0 bridgehead atoms. The highest BCUT2D eigenvalue weighted by atomic mass is 16.4. The van der Waals surface area contributed by atoms with Crippen LogP contribution in [-0.2, 0) is 11.2 Å². The van der Waals surface area contributed by atoms with Gasteiger partial charge in [0.25, 0.3) is 0 Å². The molecule has 1 aliphatic rings. The lowest BCUT2D eigenvalue weighted by atomic mass is 9.94. The van der Waals surface area contributed by atoms with Gasteiger partial charge in [-0.3, -0.25) is 9.78 Å². The van der Waals surface area contributed by atoms with Crippen molar-refractivity contribution in [2.45, 2.75) is 19.8 Å². The fourth-order valence-corrected chi connectivity index (χ4v) is 3.26. The summed E-state index contributed by atoms with van der Waals surface area (Å²) in [4.78, 5) is 29.0. The van der Waals surface area contributed by atoms with Gasteiger partial charge in [0.15, 0.2) is 0 Å². The fraction of sp³-hybridized carbons (Fsp3) is 0.316. The Morgan fingerprint density at radius 1 is 1.29 bits per heavy atom. The van der Waals surface area contributed by atoms with Crippen LogP contribution in [0.2, 0.25) is 0 Å². The molecule has 0 radical (unpaired) electrons. The number of aromatic carboxylic acids is 1. The van der Waals surface area contributed by atoms with E-state index >= 15 is 0 Å². The molecule has 2 aromatic rings. The Morgan fingerprint density at radius 3 is 2.83 bits per heavy atom. The first kappa shape index (κ1) is 16.2. The molecule has 1 aliphatic heterocycles. The van der Waals surface area contributed by atoms with Gasteiger partial charge in [-0.2, -0.15) is 0 Å². The minimum Gasteiger partial charge on any atom is -0.478 e. The summed E-state index contributed by atoms with van der Waals surface area (Å²) >= 11 is 0. The number of likely N-dealkylation sites (tertiary alicyclic amines) is 1. The van der Waals surface area contributed by atoms with Gasteiger partial charge in [0.2, 0.25) is 5.91 Å². The highest BCUT2D eigenvalue weighted by molar-refractivity contribution is 5.89. The average molecular weight is 324 g/mol. The van der Waals surface area contributed by atoms with E-state index in [-0.39, 0.29) is 11.5 Å². The highest BCUT2D eigenvalue weighted by Crippen LogP contribution is 2.27. The molecule has 0 unspecified atom stereocenters. The summed E-state index contributed by atoms with van der Waals surface area (Å²) in [6.45, 7) is 3.19. The molecule has 1 fully saturated rings. The van der Waals surface area contributed by atoms with Crippen molar-refractivity contribution in [3.05, 3.63) is 53.7 Å². The van der Waals surface area contributed by atoms with Gasteiger partial charge < -0.3 is 10.0 Å². The molecule has 0 aliphatic carbocycles. The largest absolute Gasteiger partial charge is 0.478 e. The predicted molar refractivity (Wildman–Crippen MR) is 90.7 cm³/mol. The Bertz CT molecular complexity index is 773. The maximum Gasteiger partial charge on any atom is 0.335 e. The monoisotopic (exact) mass is 324 g/mol. The van der Waals surface area contributed by atoms with E-state index in [4.69, 9.17) is 0 Å². The number of hydrogen-bond donors (Lipinski definition) is 1. The molecule has 24 heavy (non-hydrogen) atoms. The zero-order valence-electron chi connectivity index (χ0n) is 13.6.